The number of carbonyl (C=O) groups is 1. The Kier molecular flexibility index (Phi) is 5.44. The van der Waals surface area contributed by atoms with Crippen LogP contribution in [0.3, 0.4) is 0 Å². The number of hydrogen-bond donors (Lipinski definition) is 2. The molecule has 0 unspecified atom stereocenters. The van der Waals surface area contributed by atoms with Crippen molar-refractivity contribution < 1.29 is 9.53 Å². The van der Waals surface area contributed by atoms with E-state index in [0.717, 1.165) is 25.6 Å². The lowest BCUT2D eigenvalue weighted by molar-refractivity contribution is 0.0944. The van der Waals surface area contributed by atoms with Gasteiger partial charge in [0.05, 0.1) is 12.8 Å². The van der Waals surface area contributed by atoms with Crippen LogP contribution in [0.15, 0.2) is 18.2 Å². The number of nitrogens with one attached hydrogen (secondary N) is 1. The highest BCUT2D eigenvalue weighted by atomic mass is 16.5. The first-order chi connectivity index (χ1) is 10.1. The van der Waals surface area contributed by atoms with Gasteiger partial charge in [0.2, 0.25) is 0 Å². The number of hydrogen-bond acceptors (Lipinski definition) is 4. The molecule has 1 aliphatic rings. The molecule has 0 aliphatic carbocycles. The molecule has 21 heavy (non-hydrogen) atoms. The summed E-state index contributed by atoms with van der Waals surface area (Å²) in [6.07, 6.45) is 2.51. The van der Waals surface area contributed by atoms with Gasteiger partial charge >= 0.3 is 0 Å². The van der Waals surface area contributed by atoms with Crippen molar-refractivity contribution in [3.63, 3.8) is 0 Å². The largest absolute Gasteiger partial charge is 0.495 e. The maximum atomic E-state index is 12.1. The Bertz CT molecular complexity index is 482. The van der Waals surface area contributed by atoms with Gasteiger partial charge in [0, 0.05) is 18.7 Å². The van der Waals surface area contributed by atoms with Crippen LogP contribution in [-0.4, -0.2) is 44.1 Å². The van der Waals surface area contributed by atoms with E-state index in [9.17, 15) is 4.79 Å². The maximum absolute atomic E-state index is 12.1. The molecule has 0 spiro atoms. The van der Waals surface area contributed by atoms with Crippen LogP contribution in [0, 0.1) is 5.92 Å². The molecule has 5 heteroatoms. The third kappa shape index (κ3) is 4.36. The summed E-state index contributed by atoms with van der Waals surface area (Å²) in [5.41, 5.74) is 6.87. The first-order valence-electron chi connectivity index (χ1n) is 7.54. The molecule has 1 heterocycles. The Labute approximate surface area is 126 Å². The van der Waals surface area contributed by atoms with Crippen molar-refractivity contribution in [1.29, 1.82) is 0 Å². The maximum Gasteiger partial charge on any atom is 0.251 e. The Morgan fingerprint density at radius 1 is 1.43 bits per heavy atom. The summed E-state index contributed by atoms with van der Waals surface area (Å²) in [4.78, 5) is 14.5. The van der Waals surface area contributed by atoms with E-state index < -0.39 is 0 Å². The van der Waals surface area contributed by atoms with Crippen LogP contribution in [0.5, 0.6) is 5.75 Å². The van der Waals surface area contributed by atoms with E-state index in [1.807, 2.05) is 0 Å². The quantitative estimate of drug-likeness (QED) is 0.811. The van der Waals surface area contributed by atoms with E-state index in [1.54, 1.807) is 25.3 Å². The molecule has 1 aliphatic heterocycles. The lowest BCUT2D eigenvalue weighted by atomic mass is 9.99. The molecule has 1 aromatic rings. The Balaban J connectivity index is 1.78. The van der Waals surface area contributed by atoms with Gasteiger partial charge in [-0.2, -0.15) is 0 Å². The number of nitrogens with zero attached hydrogens (tertiary/aromatic N) is 1. The average molecular weight is 291 g/mol. The van der Waals surface area contributed by atoms with Gasteiger partial charge in [-0.05, 0) is 50.0 Å². The summed E-state index contributed by atoms with van der Waals surface area (Å²) in [6.45, 7) is 6.13. The third-order valence-corrected chi connectivity index (χ3v) is 4.08. The predicted octanol–water partition coefficient (Wildman–Crippen LogP) is 1.74. The number of ether oxygens (including phenoxy) is 1. The summed E-state index contributed by atoms with van der Waals surface area (Å²) in [5, 5.41) is 2.95. The van der Waals surface area contributed by atoms with E-state index in [1.165, 1.54) is 12.8 Å². The van der Waals surface area contributed by atoms with Crippen LogP contribution < -0.4 is 15.8 Å². The molecule has 0 aromatic heterocycles. The van der Waals surface area contributed by atoms with E-state index in [-0.39, 0.29) is 5.91 Å². The molecule has 1 saturated heterocycles. The number of rotatable bonds is 5. The number of nitrogens with two attached hydrogens (primary N) is 1. The van der Waals surface area contributed by atoms with Crippen LogP contribution in [-0.2, 0) is 0 Å². The zero-order chi connectivity index (χ0) is 15.2. The average Bonchev–Trinajstić information content (AvgIpc) is 2.49. The number of likely N-dealkylation sites (tertiary alicyclic amines) is 1. The second-order valence-corrected chi connectivity index (χ2v) is 5.74. The highest BCUT2D eigenvalue weighted by Crippen LogP contribution is 2.21. The molecule has 0 saturated carbocycles. The summed E-state index contributed by atoms with van der Waals surface area (Å²) in [5.74, 6) is 1.34. The number of piperidine rings is 1. The van der Waals surface area contributed by atoms with Gasteiger partial charge in [-0.3, -0.25) is 4.79 Å². The molecule has 2 rings (SSSR count). The van der Waals surface area contributed by atoms with E-state index in [0.29, 0.717) is 23.5 Å². The van der Waals surface area contributed by atoms with Crippen molar-refractivity contribution >= 4 is 11.6 Å². The summed E-state index contributed by atoms with van der Waals surface area (Å²) < 4.78 is 5.09. The molecule has 0 atom stereocenters. The first-order valence-corrected chi connectivity index (χ1v) is 7.54. The minimum absolute atomic E-state index is 0.0882. The highest BCUT2D eigenvalue weighted by molar-refractivity contribution is 5.95. The fraction of sp³-hybridized carbons (Fsp3) is 0.562. The SMILES string of the molecule is COc1ccc(C(=O)NCCN2CCC(C)CC2)cc1N. The lowest BCUT2D eigenvalue weighted by Gasteiger charge is -2.30. The van der Waals surface area contributed by atoms with Crippen molar-refractivity contribution in [1.82, 2.24) is 10.2 Å². The molecule has 0 radical (unpaired) electrons. The second-order valence-electron chi connectivity index (χ2n) is 5.74. The molecular weight excluding hydrogens is 266 g/mol. The monoisotopic (exact) mass is 291 g/mol. The van der Waals surface area contributed by atoms with Crippen LogP contribution in [0.2, 0.25) is 0 Å². The predicted molar refractivity (Wildman–Crippen MR) is 84.6 cm³/mol. The van der Waals surface area contributed by atoms with Crippen molar-refractivity contribution in [2.24, 2.45) is 5.92 Å². The van der Waals surface area contributed by atoms with E-state index >= 15 is 0 Å². The zero-order valence-electron chi connectivity index (χ0n) is 12.9. The molecular formula is C16H25N3O2. The molecule has 1 fully saturated rings. The first kappa shape index (κ1) is 15.6. The van der Waals surface area contributed by atoms with Gasteiger partial charge < -0.3 is 20.7 Å². The van der Waals surface area contributed by atoms with Crippen molar-refractivity contribution in [2.75, 3.05) is 39.0 Å². The number of carbonyl (C=O) groups excluding carboxylic acids is 1. The number of nitrogen functional groups attached to an aromatic ring is 1. The fourth-order valence-corrected chi connectivity index (χ4v) is 2.59. The summed E-state index contributed by atoms with van der Waals surface area (Å²) in [7, 11) is 1.56. The highest BCUT2D eigenvalue weighted by Gasteiger charge is 2.15. The van der Waals surface area contributed by atoms with Crippen LogP contribution in [0.25, 0.3) is 0 Å². The van der Waals surface area contributed by atoms with Gasteiger partial charge in [0.25, 0.3) is 5.91 Å². The molecule has 5 nitrogen and oxygen atoms in total. The minimum atomic E-state index is -0.0882. The summed E-state index contributed by atoms with van der Waals surface area (Å²) >= 11 is 0. The van der Waals surface area contributed by atoms with Crippen molar-refractivity contribution in [3.8, 4) is 5.75 Å². The normalized spacial score (nSPS) is 16.7. The molecule has 3 N–H and O–H groups in total. The fourth-order valence-electron chi connectivity index (χ4n) is 2.59. The van der Waals surface area contributed by atoms with Crippen LogP contribution in [0.1, 0.15) is 30.1 Å². The molecule has 116 valence electrons. The Hall–Kier alpha value is -1.75. The van der Waals surface area contributed by atoms with Crippen LogP contribution in [0.4, 0.5) is 5.69 Å². The van der Waals surface area contributed by atoms with Crippen LogP contribution >= 0.6 is 0 Å². The number of benzene rings is 1. The van der Waals surface area contributed by atoms with Gasteiger partial charge in [-0.25, -0.2) is 0 Å². The molecule has 1 amide bonds. The van der Waals surface area contributed by atoms with Gasteiger partial charge in [-0.15, -0.1) is 0 Å². The number of anilines is 1. The Morgan fingerprint density at radius 3 is 2.76 bits per heavy atom. The van der Waals surface area contributed by atoms with Crippen molar-refractivity contribution in [3.05, 3.63) is 23.8 Å². The smallest absolute Gasteiger partial charge is 0.251 e. The molecule has 0 bridgehead atoms. The zero-order valence-corrected chi connectivity index (χ0v) is 12.9. The number of amides is 1. The molecule has 1 aromatic carbocycles. The third-order valence-electron chi connectivity index (χ3n) is 4.08. The Morgan fingerprint density at radius 2 is 2.14 bits per heavy atom. The van der Waals surface area contributed by atoms with Crippen molar-refractivity contribution in [2.45, 2.75) is 19.8 Å². The number of methoxy groups -OCH3 is 1. The van der Waals surface area contributed by atoms with Gasteiger partial charge in [0.15, 0.2) is 0 Å². The van der Waals surface area contributed by atoms with E-state index in [2.05, 4.69) is 17.1 Å². The second kappa shape index (κ2) is 7.31. The van der Waals surface area contributed by atoms with E-state index in [4.69, 9.17) is 10.5 Å². The topological polar surface area (TPSA) is 67.6 Å². The minimum Gasteiger partial charge on any atom is -0.495 e. The van der Waals surface area contributed by atoms with Gasteiger partial charge in [0.1, 0.15) is 5.75 Å². The standard InChI is InChI=1S/C16H25N3O2/c1-12-5-8-19(9-6-12)10-7-18-16(20)13-3-4-15(21-2)14(17)11-13/h3-4,11-12H,5-10,17H2,1-2H3,(H,18,20). The summed E-state index contributed by atoms with van der Waals surface area (Å²) in [6, 6.07) is 5.10. The lowest BCUT2D eigenvalue weighted by Crippen LogP contribution is -2.39. The van der Waals surface area contributed by atoms with Gasteiger partial charge in [-0.1, -0.05) is 6.92 Å².